The number of nitrogens with one attached hydrogen (secondary N) is 1. The minimum Gasteiger partial charge on any atom is -0.370 e. The maximum absolute atomic E-state index is 8.67. The third-order valence-electron chi connectivity index (χ3n) is 2.61. The van der Waals surface area contributed by atoms with Crippen LogP contribution in [0, 0.1) is 11.3 Å². The van der Waals surface area contributed by atoms with Crippen LogP contribution in [0.25, 0.3) is 5.70 Å². The van der Waals surface area contributed by atoms with E-state index in [2.05, 4.69) is 22.5 Å². The van der Waals surface area contributed by atoms with E-state index in [1.54, 1.807) is 6.07 Å². The van der Waals surface area contributed by atoms with Crippen molar-refractivity contribution in [3.63, 3.8) is 0 Å². The van der Waals surface area contributed by atoms with Crippen LogP contribution in [0.1, 0.15) is 24.2 Å². The van der Waals surface area contributed by atoms with Crippen molar-refractivity contribution in [1.29, 1.82) is 5.26 Å². The largest absolute Gasteiger partial charge is 0.370 e. The maximum Gasteiger partial charge on any atom is 0.118 e. The number of hydrogen-bond donors (Lipinski definition) is 1. The molecule has 2 heterocycles. The van der Waals surface area contributed by atoms with Crippen LogP contribution in [0.5, 0.6) is 0 Å². The molecule has 2 rings (SSSR count). The lowest BCUT2D eigenvalue weighted by Crippen LogP contribution is -2.16. The molecule has 0 atom stereocenters. The molecule has 0 radical (unpaired) electrons. The second kappa shape index (κ2) is 3.59. The molecule has 1 aromatic heterocycles. The number of hydrogen-bond acceptors (Lipinski definition) is 2. The first-order valence-electron chi connectivity index (χ1n) is 4.84. The first-order chi connectivity index (χ1) is 6.81. The molecule has 0 spiro atoms. The van der Waals surface area contributed by atoms with E-state index >= 15 is 0 Å². The fourth-order valence-corrected chi connectivity index (χ4v) is 1.79. The van der Waals surface area contributed by atoms with E-state index in [1.807, 2.05) is 6.07 Å². The maximum atomic E-state index is 8.67. The van der Waals surface area contributed by atoms with Gasteiger partial charge in [-0.3, -0.25) is 0 Å². The molecule has 1 aliphatic rings. The van der Waals surface area contributed by atoms with Crippen molar-refractivity contribution >= 4 is 5.70 Å². The van der Waals surface area contributed by atoms with Crippen molar-refractivity contribution in [2.45, 2.75) is 12.8 Å². The first kappa shape index (κ1) is 8.89. The second-order valence-electron chi connectivity index (χ2n) is 3.54. The standard InChI is InChI=1S/C11H13N3/c1-9(14-6-2-3-7-14)11-5-4-10(8-12)13-11/h4-5,13H,1-3,6-7H2. The Bertz CT molecular complexity index is 377. The monoisotopic (exact) mass is 187 g/mol. The number of likely N-dealkylation sites (tertiary alicyclic amines) is 1. The minimum atomic E-state index is 0.598. The SMILES string of the molecule is C=C(c1ccc(C#N)[nH]1)N1CCCC1. The van der Waals surface area contributed by atoms with Gasteiger partial charge in [-0.1, -0.05) is 6.58 Å². The van der Waals surface area contributed by atoms with Gasteiger partial charge in [0.05, 0.1) is 11.4 Å². The van der Waals surface area contributed by atoms with Crippen LogP contribution in [0.3, 0.4) is 0 Å². The number of rotatable bonds is 2. The van der Waals surface area contributed by atoms with Gasteiger partial charge in [-0.25, -0.2) is 0 Å². The van der Waals surface area contributed by atoms with Crippen molar-refractivity contribution in [3.8, 4) is 6.07 Å². The molecular weight excluding hydrogens is 174 g/mol. The molecule has 0 bridgehead atoms. The van der Waals surface area contributed by atoms with Gasteiger partial charge in [0, 0.05) is 13.1 Å². The van der Waals surface area contributed by atoms with E-state index in [1.165, 1.54) is 12.8 Å². The Morgan fingerprint density at radius 3 is 2.71 bits per heavy atom. The summed E-state index contributed by atoms with van der Waals surface area (Å²) in [7, 11) is 0. The minimum absolute atomic E-state index is 0.598. The summed E-state index contributed by atoms with van der Waals surface area (Å²) >= 11 is 0. The molecule has 1 N–H and O–H groups in total. The molecule has 1 aromatic rings. The molecule has 3 nitrogen and oxygen atoms in total. The van der Waals surface area contributed by atoms with Gasteiger partial charge in [0.1, 0.15) is 11.8 Å². The van der Waals surface area contributed by atoms with Crippen LogP contribution in [-0.4, -0.2) is 23.0 Å². The average molecular weight is 187 g/mol. The molecule has 0 saturated carbocycles. The first-order valence-corrected chi connectivity index (χ1v) is 4.84. The molecule has 0 unspecified atom stereocenters. The third kappa shape index (κ3) is 1.51. The molecule has 1 fully saturated rings. The molecule has 0 amide bonds. The zero-order chi connectivity index (χ0) is 9.97. The molecule has 3 heteroatoms. The van der Waals surface area contributed by atoms with Crippen LogP contribution >= 0.6 is 0 Å². The highest BCUT2D eigenvalue weighted by Crippen LogP contribution is 2.21. The average Bonchev–Trinajstić information content (AvgIpc) is 2.88. The lowest BCUT2D eigenvalue weighted by atomic mass is 10.3. The van der Waals surface area contributed by atoms with Crippen molar-refractivity contribution in [2.24, 2.45) is 0 Å². The Morgan fingerprint density at radius 2 is 2.14 bits per heavy atom. The smallest absolute Gasteiger partial charge is 0.118 e. The van der Waals surface area contributed by atoms with Crippen LogP contribution in [0.15, 0.2) is 18.7 Å². The van der Waals surface area contributed by atoms with Crippen molar-refractivity contribution in [1.82, 2.24) is 9.88 Å². The molecule has 0 aliphatic carbocycles. The van der Waals surface area contributed by atoms with E-state index < -0.39 is 0 Å². The number of nitrogens with zero attached hydrogens (tertiary/aromatic N) is 2. The summed E-state index contributed by atoms with van der Waals surface area (Å²) in [6.07, 6.45) is 2.48. The summed E-state index contributed by atoms with van der Waals surface area (Å²) in [5.41, 5.74) is 2.56. The summed E-state index contributed by atoms with van der Waals surface area (Å²) in [6.45, 7) is 6.21. The van der Waals surface area contributed by atoms with E-state index in [4.69, 9.17) is 5.26 Å². The highest BCUT2D eigenvalue weighted by Gasteiger charge is 2.15. The Kier molecular flexibility index (Phi) is 2.28. The third-order valence-corrected chi connectivity index (χ3v) is 2.61. The predicted molar refractivity (Wildman–Crippen MR) is 55.3 cm³/mol. The van der Waals surface area contributed by atoms with Gasteiger partial charge in [0.2, 0.25) is 0 Å². The normalized spacial score (nSPS) is 15.5. The van der Waals surface area contributed by atoms with Crippen LogP contribution in [0.4, 0.5) is 0 Å². The fourth-order valence-electron chi connectivity index (χ4n) is 1.79. The van der Waals surface area contributed by atoms with E-state index in [-0.39, 0.29) is 0 Å². The second-order valence-corrected chi connectivity index (χ2v) is 3.54. The van der Waals surface area contributed by atoms with Gasteiger partial charge in [0.15, 0.2) is 0 Å². The van der Waals surface area contributed by atoms with Gasteiger partial charge >= 0.3 is 0 Å². The highest BCUT2D eigenvalue weighted by molar-refractivity contribution is 5.59. The summed E-state index contributed by atoms with van der Waals surface area (Å²) in [5.74, 6) is 0. The van der Waals surface area contributed by atoms with Gasteiger partial charge in [-0.15, -0.1) is 0 Å². The Hall–Kier alpha value is -1.69. The topological polar surface area (TPSA) is 42.8 Å². The number of aromatic amines is 1. The van der Waals surface area contributed by atoms with E-state index in [0.717, 1.165) is 24.5 Å². The summed E-state index contributed by atoms with van der Waals surface area (Å²) in [6, 6.07) is 5.78. The van der Waals surface area contributed by atoms with Gasteiger partial charge < -0.3 is 9.88 Å². The van der Waals surface area contributed by atoms with Crippen molar-refractivity contribution in [3.05, 3.63) is 30.1 Å². The molecule has 72 valence electrons. The molecule has 14 heavy (non-hydrogen) atoms. The Balaban J connectivity index is 2.14. The lowest BCUT2D eigenvalue weighted by Gasteiger charge is -2.18. The lowest BCUT2D eigenvalue weighted by molar-refractivity contribution is 0.492. The molecule has 1 aliphatic heterocycles. The van der Waals surface area contributed by atoms with E-state index in [9.17, 15) is 0 Å². The molecular formula is C11H13N3. The van der Waals surface area contributed by atoms with Crippen molar-refractivity contribution < 1.29 is 0 Å². The quantitative estimate of drug-likeness (QED) is 0.769. The van der Waals surface area contributed by atoms with Crippen LogP contribution in [0.2, 0.25) is 0 Å². The zero-order valence-corrected chi connectivity index (χ0v) is 8.08. The zero-order valence-electron chi connectivity index (χ0n) is 8.08. The Labute approximate surface area is 83.7 Å². The van der Waals surface area contributed by atoms with Gasteiger partial charge in [-0.05, 0) is 25.0 Å². The van der Waals surface area contributed by atoms with Gasteiger partial charge in [-0.2, -0.15) is 5.26 Å². The van der Waals surface area contributed by atoms with E-state index in [0.29, 0.717) is 5.69 Å². The fraction of sp³-hybridized carbons (Fsp3) is 0.364. The van der Waals surface area contributed by atoms with Crippen LogP contribution < -0.4 is 0 Å². The highest BCUT2D eigenvalue weighted by atomic mass is 15.2. The summed E-state index contributed by atoms with van der Waals surface area (Å²) < 4.78 is 0. The number of aromatic nitrogens is 1. The van der Waals surface area contributed by atoms with Crippen LogP contribution in [-0.2, 0) is 0 Å². The summed E-state index contributed by atoms with van der Waals surface area (Å²) in [4.78, 5) is 5.29. The van der Waals surface area contributed by atoms with Gasteiger partial charge in [0.25, 0.3) is 0 Å². The number of nitriles is 1. The van der Waals surface area contributed by atoms with Crippen molar-refractivity contribution in [2.75, 3.05) is 13.1 Å². The predicted octanol–water partition coefficient (Wildman–Crippen LogP) is 1.95. The number of H-pyrrole nitrogens is 1. The molecule has 0 aromatic carbocycles. The Morgan fingerprint density at radius 1 is 1.43 bits per heavy atom. The summed E-state index contributed by atoms with van der Waals surface area (Å²) in [5, 5.41) is 8.67. The molecule has 1 saturated heterocycles.